The molecule has 2 aromatic rings. The van der Waals surface area contributed by atoms with Gasteiger partial charge in [-0.05, 0) is 37.1 Å². The smallest absolute Gasteiger partial charge is 0.129 e. The van der Waals surface area contributed by atoms with Crippen molar-refractivity contribution in [1.82, 2.24) is 9.78 Å². The van der Waals surface area contributed by atoms with Crippen molar-refractivity contribution in [3.63, 3.8) is 0 Å². The fourth-order valence-electron chi connectivity index (χ4n) is 2.45. The Morgan fingerprint density at radius 1 is 1.39 bits per heavy atom. The third-order valence-corrected chi connectivity index (χ3v) is 3.36. The molecule has 0 aliphatic carbocycles. The summed E-state index contributed by atoms with van der Waals surface area (Å²) in [7, 11) is 1.85. The van der Waals surface area contributed by atoms with Crippen LogP contribution in [0.2, 0.25) is 0 Å². The van der Waals surface area contributed by atoms with Gasteiger partial charge in [0.15, 0.2) is 0 Å². The molecule has 0 radical (unpaired) electrons. The lowest BCUT2D eigenvalue weighted by molar-refractivity contribution is 0.138. The SMILES string of the molecule is Cn1ncc(-c2ccc3c(c2)CC(C)(C)O3)c1N. The topological polar surface area (TPSA) is 53.1 Å². The van der Waals surface area contributed by atoms with Crippen LogP contribution in [0.25, 0.3) is 11.1 Å². The highest BCUT2D eigenvalue weighted by molar-refractivity contribution is 5.74. The van der Waals surface area contributed by atoms with Crippen LogP contribution in [0.5, 0.6) is 5.75 Å². The molecule has 4 heteroatoms. The fourth-order valence-corrected chi connectivity index (χ4v) is 2.45. The molecule has 1 aromatic heterocycles. The normalized spacial score (nSPS) is 16.4. The van der Waals surface area contributed by atoms with E-state index < -0.39 is 0 Å². The van der Waals surface area contributed by atoms with E-state index in [0.717, 1.165) is 23.3 Å². The number of aromatic nitrogens is 2. The minimum atomic E-state index is -0.110. The Hall–Kier alpha value is -1.97. The second-order valence-corrected chi connectivity index (χ2v) is 5.43. The van der Waals surface area contributed by atoms with Crippen molar-refractivity contribution in [3.8, 4) is 16.9 Å². The molecule has 18 heavy (non-hydrogen) atoms. The van der Waals surface area contributed by atoms with Gasteiger partial charge in [0.1, 0.15) is 17.2 Å². The maximum atomic E-state index is 6.00. The summed E-state index contributed by atoms with van der Waals surface area (Å²) >= 11 is 0. The highest BCUT2D eigenvalue weighted by Crippen LogP contribution is 2.38. The van der Waals surface area contributed by atoms with E-state index >= 15 is 0 Å². The molecule has 0 spiro atoms. The minimum Gasteiger partial charge on any atom is -0.487 e. The number of hydrogen-bond acceptors (Lipinski definition) is 3. The lowest BCUT2D eigenvalue weighted by Crippen LogP contribution is -2.24. The molecular weight excluding hydrogens is 226 g/mol. The number of benzene rings is 1. The summed E-state index contributed by atoms with van der Waals surface area (Å²) in [4.78, 5) is 0. The van der Waals surface area contributed by atoms with Crippen LogP contribution in [-0.2, 0) is 13.5 Å². The first-order chi connectivity index (χ1) is 8.46. The van der Waals surface area contributed by atoms with Gasteiger partial charge < -0.3 is 10.5 Å². The molecule has 4 nitrogen and oxygen atoms in total. The predicted molar refractivity (Wildman–Crippen MR) is 71.5 cm³/mol. The van der Waals surface area contributed by atoms with Crippen LogP contribution in [0.3, 0.4) is 0 Å². The van der Waals surface area contributed by atoms with E-state index in [0.29, 0.717) is 5.82 Å². The average Bonchev–Trinajstić information content (AvgIpc) is 2.77. The molecule has 0 bridgehead atoms. The van der Waals surface area contributed by atoms with Gasteiger partial charge in [-0.2, -0.15) is 5.10 Å². The number of fused-ring (bicyclic) bond motifs is 1. The molecule has 1 aromatic carbocycles. The third-order valence-electron chi connectivity index (χ3n) is 3.36. The molecule has 94 valence electrons. The van der Waals surface area contributed by atoms with Gasteiger partial charge in [-0.3, -0.25) is 4.68 Å². The second kappa shape index (κ2) is 3.51. The highest BCUT2D eigenvalue weighted by Gasteiger charge is 2.30. The average molecular weight is 243 g/mol. The third kappa shape index (κ3) is 1.65. The lowest BCUT2D eigenvalue weighted by Gasteiger charge is -2.16. The molecule has 0 atom stereocenters. The van der Waals surface area contributed by atoms with Gasteiger partial charge in [0.2, 0.25) is 0 Å². The molecule has 0 amide bonds. The Bertz CT molecular complexity index is 613. The summed E-state index contributed by atoms with van der Waals surface area (Å²) in [6, 6.07) is 6.21. The van der Waals surface area contributed by atoms with Gasteiger partial charge in [-0.25, -0.2) is 0 Å². The van der Waals surface area contributed by atoms with Crippen molar-refractivity contribution >= 4 is 5.82 Å². The van der Waals surface area contributed by atoms with E-state index in [9.17, 15) is 0 Å². The molecule has 1 aliphatic heterocycles. The molecule has 3 rings (SSSR count). The van der Waals surface area contributed by atoms with E-state index in [4.69, 9.17) is 10.5 Å². The Morgan fingerprint density at radius 3 is 2.83 bits per heavy atom. The van der Waals surface area contributed by atoms with Crippen LogP contribution in [0.15, 0.2) is 24.4 Å². The summed E-state index contributed by atoms with van der Waals surface area (Å²) in [6.07, 6.45) is 2.73. The molecule has 2 heterocycles. The Labute approximate surface area is 106 Å². The zero-order valence-electron chi connectivity index (χ0n) is 10.9. The van der Waals surface area contributed by atoms with Gasteiger partial charge in [-0.15, -0.1) is 0 Å². The Morgan fingerprint density at radius 2 is 2.17 bits per heavy atom. The van der Waals surface area contributed by atoms with E-state index in [1.54, 1.807) is 10.9 Å². The lowest BCUT2D eigenvalue weighted by atomic mass is 9.98. The summed E-state index contributed by atoms with van der Waals surface area (Å²) in [6.45, 7) is 4.20. The van der Waals surface area contributed by atoms with Gasteiger partial charge in [0.05, 0.1) is 6.20 Å². The molecule has 0 saturated carbocycles. The number of nitrogen functional groups attached to an aromatic ring is 1. The maximum Gasteiger partial charge on any atom is 0.129 e. The van der Waals surface area contributed by atoms with E-state index in [-0.39, 0.29) is 5.60 Å². The number of ether oxygens (including phenoxy) is 1. The summed E-state index contributed by atoms with van der Waals surface area (Å²) in [5.41, 5.74) is 9.20. The van der Waals surface area contributed by atoms with Crippen LogP contribution in [0, 0.1) is 0 Å². The second-order valence-electron chi connectivity index (χ2n) is 5.43. The van der Waals surface area contributed by atoms with E-state index in [1.807, 2.05) is 19.2 Å². The zero-order valence-corrected chi connectivity index (χ0v) is 10.9. The maximum absolute atomic E-state index is 6.00. The highest BCUT2D eigenvalue weighted by atomic mass is 16.5. The van der Waals surface area contributed by atoms with Crippen molar-refractivity contribution in [2.45, 2.75) is 25.9 Å². The van der Waals surface area contributed by atoms with Gasteiger partial charge in [0, 0.05) is 19.0 Å². The van der Waals surface area contributed by atoms with Crippen molar-refractivity contribution in [2.24, 2.45) is 7.05 Å². The summed E-state index contributed by atoms with van der Waals surface area (Å²) in [5, 5.41) is 4.18. The first-order valence-corrected chi connectivity index (χ1v) is 6.06. The number of nitrogens with zero attached hydrogens (tertiary/aromatic N) is 2. The van der Waals surface area contributed by atoms with Crippen LogP contribution < -0.4 is 10.5 Å². The van der Waals surface area contributed by atoms with Crippen LogP contribution >= 0.6 is 0 Å². The fraction of sp³-hybridized carbons (Fsp3) is 0.357. The molecule has 0 saturated heterocycles. The van der Waals surface area contributed by atoms with Crippen LogP contribution in [-0.4, -0.2) is 15.4 Å². The van der Waals surface area contributed by atoms with Gasteiger partial charge in [0.25, 0.3) is 0 Å². The first-order valence-electron chi connectivity index (χ1n) is 6.06. The number of aryl methyl sites for hydroxylation is 1. The van der Waals surface area contributed by atoms with Crippen molar-refractivity contribution in [1.29, 1.82) is 0 Å². The monoisotopic (exact) mass is 243 g/mol. The largest absolute Gasteiger partial charge is 0.487 e. The number of hydrogen-bond donors (Lipinski definition) is 1. The molecular formula is C14H17N3O. The Balaban J connectivity index is 2.05. The van der Waals surface area contributed by atoms with Gasteiger partial charge >= 0.3 is 0 Å². The van der Waals surface area contributed by atoms with E-state index in [2.05, 4.69) is 25.0 Å². The number of nitrogens with two attached hydrogens (primary N) is 1. The Kier molecular flexibility index (Phi) is 2.17. The summed E-state index contributed by atoms with van der Waals surface area (Å²) < 4.78 is 7.55. The number of rotatable bonds is 1. The number of anilines is 1. The molecule has 2 N–H and O–H groups in total. The van der Waals surface area contributed by atoms with Crippen molar-refractivity contribution in [3.05, 3.63) is 30.0 Å². The van der Waals surface area contributed by atoms with E-state index in [1.165, 1.54) is 5.56 Å². The quantitative estimate of drug-likeness (QED) is 0.836. The molecule has 0 fully saturated rings. The predicted octanol–water partition coefficient (Wildman–Crippen LogP) is 2.38. The van der Waals surface area contributed by atoms with Crippen molar-refractivity contribution in [2.75, 3.05) is 5.73 Å². The molecule has 0 unspecified atom stereocenters. The van der Waals surface area contributed by atoms with Crippen LogP contribution in [0.1, 0.15) is 19.4 Å². The standard InChI is InChI=1S/C14H17N3O/c1-14(2)7-10-6-9(4-5-12(10)18-14)11-8-16-17(3)13(11)15/h4-6,8H,7,15H2,1-3H3. The van der Waals surface area contributed by atoms with Gasteiger partial charge in [-0.1, -0.05) is 6.07 Å². The first kappa shape index (κ1) is 11.1. The zero-order chi connectivity index (χ0) is 12.9. The van der Waals surface area contributed by atoms with Crippen LogP contribution in [0.4, 0.5) is 5.82 Å². The molecule has 1 aliphatic rings. The summed E-state index contributed by atoms with van der Waals surface area (Å²) in [5.74, 6) is 1.67. The minimum absolute atomic E-state index is 0.110. The van der Waals surface area contributed by atoms with Crippen molar-refractivity contribution < 1.29 is 4.74 Å².